The molecule has 6 nitrogen and oxygen atoms in total. The second kappa shape index (κ2) is 5.06. The molecule has 0 aliphatic rings. The van der Waals surface area contributed by atoms with E-state index in [-0.39, 0.29) is 4.90 Å². The van der Waals surface area contributed by atoms with Crippen molar-refractivity contribution in [3.05, 3.63) is 47.7 Å². The zero-order valence-electron chi connectivity index (χ0n) is 11.1. The van der Waals surface area contributed by atoms with Crippen molar-refractivity contribution >= 4 is 21.6 Å². The third kappa shape index (κ3) is 2.60. The first-order chi connectivity index (χ1) is 9.97. The Balaban J connectivity index is 2.20. The maximum absolute atomic E-state index is 11.5. The Kier molecular flexibility index (Phi) is 3.36. The Morgan fingerprint density at radius 1 is 1.33 bits per heavy atom. The first kappa shape index (κ1) is 13.9. The fourth-order valence-corrected chi connectivity index (χ4v) is 3.10. The lowest BCUT2D eigenvalue weighted by Crippen LogP contribution is -2.13. The highest BCUT2D eigenvalue weighted by atomic mass is 32.2. The van der Waals surface area contributed by atoms with Gasteiger partial charge in [-0.2, -0.15) is 0 Å². The number of aryl methyl sites for hydroxylation is 1. The van der Waals surface area contributed by atoms with E-state index in [1.165, 1.54) is 17.6 Å². The highest BCUT2D eigenvalue weighted by Gasteiger charge is 2.14. The number of sulfonamides is 1. The van der Waals surface area contributed by atoms with Crippen molar-refractivity contribution < 1.29 is 8.42 Å². The van der Waals surface area contributed by atoms with Crippen LogP contribution < -0.4 is 5.14 Å². The third-order valence-electron chi connectivity index (χ3n) is 3.10. The van der Waals surface area contributed by atoms with Crippen LogP contribution in [0.15, 0.2) is 47.1 Å². The van der Waals surface area contributed by atoms with Crippen LogP contribution in [0.2, 0.25) is 0 Å². The topological polar surface area (TPSA) is 90.9 Å². The minimum atomic E-state index is -3.74. The SMILES string of the molecule is Cc1ccc(S(N)(=O)=O)cc1-n1ccnc1-c1cnsc1. The summed E-state index contributed by atoms with van der Waals surface area (Å²) in [6.45, 7) is 1.90. The molecule has 0 aliphatic carbocycles. The van der Waals surface area contributed by atoms with E-state index in [1.54, 1.807) is 30.7 Å². The van der Waals surface area contributed by atoms with Crippen LogP contribution in [-0.4, -0.2) is 22.3 Å². The van der Waals surface area contributed by atoms with Gasteiger partial charge in [0.05, 0.1) is 16.8 Å². The minimum absolute atomic E-state index is 0.0752. The fourth-order valence-electron chi connectivity index (χ4n) is 2.05. The second-order valence-corrected chi connectivity index (χ2v) is 6.75. The standard InChI is InChI=1S/C13H12N4O2S2/c1-9-2-3-11(21(14,18)19)6-12(9)17-5-4-15-13(17)10-7-16-20-8-10/h2-8H,1H3,(H2,14,18,19). The zero-order valence-corrected chi connectivity index (χ0v) is 12.7. The Morgan fingerprint density at radius 3 is 2.81 bits per heavy atom. The van der Waals surface area contributed by atoms with Crippen molar-refractivity contribution in [1.29, 1.82) is 0 Å². The van der Waals surface area contributed by atoms with E-state index in [1.807, 2.05) is 16.9 Å². The number of hydrogen-bond acceptors (Lipinski definition) is 5. The normalized spacial score (nSPS) is 11.7. The summed E-state index contributed by atoms with van der Waals surface area (Å²) < 4.78 is 28.9. The Morgan fingerprint density at radius 2 is 2.14 bits per heavy atom. The molecule has 21 heavy (non-hydrogen) atoms. The number of hydrogen-bond donors (Lipinski definition) is 1. The molecule has 0 spiro atoms. The molecule has 0 saturated heterocycles. The molecule has 2 aromatic heterocycles. The van der Waals surface area contributed by atoms with Gasteiger partial charge >= 0.3 is 0 Å². The summed E-state index contributed by atoms with van der Waals surface area (Å²) >= 11 is 1.33. The summed E-state index contributed by atoms with van der Waals surface area (Å²) in [7, 11) is -3.74. The van der Waals surface area contributed by atoms with Gasteiger partial charge in [0.1, 0.15) is 5.82 Å². The molecule has 3 rings (SSSR count). The van der Waals surface area contributed by atoms with Crippen molar-refractivity contribution in [1.82, 2.24) is 13.9 Å². The number of nitrogens with zero attached hydrogens (tertiary/aromatic N) is 3. The van der Waals surface area contributed by atoms with Crippen LogP contribution in [0.25, 0.3) is 17.1 Å². The second-order valence-electron chi connectivity index (χ2n) is 4.53. The van der Waals surface area contributed by atoms with E-state index in [0.29, 0.717) is 5.82 Å². The molecule has 1 aromatic carbocycles. The molecule has 0 radical (unpaired) electrons. The molecule has 3 aromatic rings. The molecule has 8 heteroatoms. The zero-order chi connectivity index (χ0) is 15.0. The van der Waals surface area contributed by atoms with Gasteiger partial charge in [0.25, 0.3) is 0 Å². The molecule has 0 unspecified atom stereocenters. The predicted molar refractivity (Wildman–Crippen MR) is 80.8 cm³/mol. The number of nitrogens with two attached hydrogens (primary N) is 1. The van der Waals surface area contributed by atoms with Crippen LogP contribution in [0.3, 0.4) is 0 Å². The van der Waals surface area contributed by atoms with Gasteiger partial charge in [-0.05, 0) is 36.2 Å². The van der Waals surface area contributed by atoms with Crippen LogP contribution in [0.1, 0.15) is 5.56 Å². The monoisotopic (exact) mass is 320 g/mol. The summed E-state index contributed by atoms with van der Waals surface area (Å²) in [5.41, 5.74) is 2.52. The van der Waals surface area contributed by atoms with Crippen LogP contribution >= 0.6 is 11.5 Å². The number of rotatable bonds is 3. The highest BCUT2D eigenvalue weighted by molar-refractivity contribution is 7.89. The van der Waals surface area contributed by atoms with Crippen LogP contribution in [0.4, 0.5) is 0 Å². The third-order valence-corrected chi connectivity index (χ3v) is 4.60. The van der Waals surface area contributed by atoms with Crippen LogP contribution in [0.5, 0.6) is 0 Å². The van der Waals surface area contributed by atoms with Gasteiger partial charge in [-0.25, -0.2) is 22.9 Å². The fraction of sp³-hybridized carbons (Fsp3) is 0.0769. The van der Waals surface area contributed by atoms with E-state index in [2.05, 4.69) is 9.36 Å². The molecule has 0 amide bonds. The van der Waals surface area contributed by atoms with Crippen molar-refractivity contribution in [2.24, 2.45) is 5.14 Å². The Bertz CT molecular complexity index is 883. The maximum atomic E-state index is 11.5. The van der Waals surface area contributed by atoms with Gasteiger partial charge < -0.3 is 0 Å². The molecule has 2 heterocycles. The number of primary sulfonamides is 1. The number of imidazole rings is 1. The molecular weight excluding hydrogens is 308 g/mol. The molecule has 0 fully saturated rings. The quantitative estimate of drug-likeness (QED) is 0.798. The first-order valence-electron chi connectivity index (χ1n) is 6.04. The summed E-state index contributed by atoms with van der Waals surface area (Å²) in [4.78, 5) is 4.39. The van der Waals surface area contributed by atoms with Crippen molar-refractivity contribution in [2.75, 3.05) is 0 Å². The van der Waals surface area contributed by atoms with Crippen molar-refractivity contribution in [3.8, 4) is 17.1 Å². The van der Waals surface area contributed by atoms with Gasteiger partial charge in [-0.15, -0.1) is 0 Å². The van der Waals surface area contributed by atoms with Gasteiger partial charge in [-0.3, -0.25) is 4.57 Å². The summed E-state index contributed by atoms with van der Waals surface area (Å²) in [5.74, 6) is 0.707. The molecule has 0 atom stereocenters. The van der Waals surface area contributed by atoms with Gasteiger partial charge in [0.15, 0.2) is 0 Å². The van der Waals surface area contributed by atoms with Gasteiger partial charge in [0.2, 0.25) is 10.0 Å². The summed E-state index contributed by atoms with van der Waals surface area (Å²) in [5, 5.41) is 7.09. The molecule has 0 saturated carbocycles. The first-order valence-corrected chi connectivity index (χ1v) is 8.42. The van der Waals surface area contributed by atoms with Gasteiger partial charge in [-0.1, -0.05) is 6.07 Å². The van der Waals surface area contributed by atoms with Crippen molar-refractivity contribution in [3.63, 3.8) is 0 Å². The highest BCUT2D eigenvalue weighted by Crippen LogP contribution is 2.25. The van der Waals surface area contributed by atoms with E-state index in [0.717, 1.165) is 16.8 Å². The van der Waals surface area contributed by atoms with Crippen molar-refractivity contribution in [2.45, 2.75) is 11.8 Å². The number of benzene rings is 1. The number of aromatic nitrogens is 3. The van der Waals surface area contributed by atoms with Crippen LogP contribution in [-0.2, 0) is 10.0 Å². The van der Waals surface area contributed by atoms with E-state index < -0.39 is 10.0 Å². The van der Waals surface area contributed by atoms with E-state index in [4.69, 9.17) is 5.14 Å². The average molecular weight is 320 g/mol. The predicted octanol–water partition coefficient (Wildman–Crippen LogP) is 1.95. The molecule has 2 N–H and O–H groups in total. The molecule has 0 bridgehead atoms. The molecule has 108 valence electrons. The maximum Gasteiger partial charge on any atom is 0.238 e. The summed E-state index contributed by atoms with van der Waals surface area (Å²) in [6.07, 6.45) is 5.17. The van der Waals surface area contributed by atoms with E-state index >= 15 is 0 Å². The average Bonchev–Trinajstić information content (AvgIpc) is 3.08. The smallest absolute Gasteiger partial charge is 0.238 e. The molecular formula is C13H12N4O2S2. The molecule has 0 aliphatic heterocycles. The Hall–Kier alpha value is -2.03. The van der Waals surface area contributed by atoms with Crippen LogP contribution in [0, 0.1) is 6.92 Å². The lowest BCUT2D eigenvalue weighted by atomic mass is 10.2. The van der Waals surface area contributed by atoms with E-state index in [9.17, 15) is 8.42 Å². The van der Waals surface area contributed by atoms with Gasteiger partial charge in [0, 0.05) is 23.3 Å². The lowest BCUT2D eigenvalue weighted by Gasteiger charge is -2.11. The summed E-state index contributed by atoms with van der Waals surface area (Å²) in [6, 6.07) is 4.78. The minimum Gasteiger partial charge on any atom is -0.299 e. The largest absolute Gasteiger partial charge is 0.299 e. The lowest BCUT2D eigenvalue weighted by molar-refractivity contribution is 0.597. The Labute approximate surface area is 126 Å².